The number of hydrogen-bond donors (Lipinski definition) is 1. The van der Waals surface area contributed by atoms with Gasteiger partial charge in [0.2, 0.25) is 5.43 Å². The highest BCUT2D eigenvalue weighted by atomic mass is 32.1. The molecule has 2 aromatic heterocycles. The number of para-hydroxylation sites is 1. The lowest BCUT2D eigenvalue weighted by molar-refractivity contribution is 0.0526. The lowest BCUT2D eigenvalue weighted by Gasteiger charge is -2.12. The molecule has 29 heavy (non-hydrogen) atoms. The van der Waals surface area contributed by atoms with Crippen molar-refractivity contribution in [2.24, 2.45) is 7.05 Å². The minimum absolute atomic E-state index is 0.0485. The number of fused-ring (bicyclic) bond motifs is 2. The summed E-state index contributed by atoms with van der Waals surface area (Å²) in [6, 6.07) is 7.17. The van der Waals surface area contributed by atoms with Gasteiger partial charge in [0.25, 0.3) is 5.91 Å². The van der Waals surface area contributed by atoms with E-state index in [1.165, 1.54) is 17.5 Å². The molecule has 0 spiro atoms. The Morgan fingerprint density at radius 3 is 2.76 bits per heavy atom. The molecule has 4 rings (SSSR count). The summed E-state index contributed by atoms with van der Waals surface area (Å²) in [6.45, 7) is 2.02. The van der Waals surface area contributed by atoms with Crippen LogP contribution in [0.25, 0.3) is 10.9 Å². The second kappa shape index (κ2) is 7.83. The van der Waals surface area contributed by atoms with Crippen molar-refractivity contribution in [3.05, 3.63) is 62.3 Å². The predicted octanol–water partition coefficient (Wildman–Crippen LogP) is 3.91. The standard InChI is InChI=1S/C22H22N2O4S/c1-3-28-22(27)18-14-9-5-7-11-17(14)29-21(18)23-20(26)15-12-24(2)16-10-6-4-8-13(16)19(15)25/h4,6,8,10,12H,3,5,7,9,11H2,1-2H3,(H,23,26). The molecule has 0 bridgehead atoms. The van der Waals surface area contributed by atoms with E-state index in [0.29, 0.717) is 16.0 Å². The van der Waals surface area contributed by atoms with E-state index in [2.05, 4.69) is 5.32 Å². The summed E-state index contributed by atoms with van der Waals surface area (Å²) in [5.41, 5.74) is 1.90. The van der Waals surface area contributed by atoms with Gasteiger partial charge in [-0.15, -0.1) is 11.3 Å². The van der Waals surface area contributed by atoms with Crippen LogP contribution < -0.4 is 10.7 Å². The van der Waals surface area contributed by atoms with Crippen molar-refractivity contribution < 1.29 is 14.3 Å². The topological polar surface area (TPSA) is 77.4 Å². The van der Waals surface area contributed by atoms with E-state index < -0.39 is 11.9 Å². The van der Waals surface area contributed by atoms with E-state index in [0.717, 1.165) is 41.6 Å². The van der Waals surface area contributed by atoms with Crippen LogP contribution in [0.4, 0.5) is 5.00 Å². The van der Waals surface area contributed by atoms with Gasteiger partial charge in [-0.05, 0) is 50.3 Å². The third kappa shape index (κ3) is 3.46. The fourth-order valence-corrected chi connectivity index (χ4v) is 5.12. The number of thiophene rings is 1. The Balaban J connectivity index is 1.75. The molecule has 0 saturated carbocycles. The average molecular weight is 410 g/mol. The maximum atomic E-state index is 13.0. The van der Waals surface area contributed by atoms with Crippen LogP contribution in [-0.4, -0.2) is 23.1 Å². The van der Waals surface area contributed by atoms with Gasteiger partial charge in [-0.3, -0.25) is 9.59 Å². The van der Waals surface area contributed by atoms with Crippen LogP contribution in [0.15, 0.2) is 35.3 Å². The number of hydrogen-bond acceptors (Lipinski definition) is 5. The summed E-state index contributed by atoms with van der Waals surface area (Å²) < 4.78 is 6.99. The first-order valence-electron chi connectivity index (χ1n) is 9.72. The molecule has 0 radical (unpaired) electrons. The van der Waals surface area contributed by atoms with Crippen LogP contribution >= 0.6 is 11.3 Å². The van der Waals surface area contributed by atoms with Crippen LogP contribution in [0.5, 0.6) is 0 Å². The summed E-state index contributed by atoms with van der Waals surface area (Å²) in [6.07, 6.45) is 5.30. The number of pyridine rings is 1. The Morgan fingerprint density at radius 1 is 1.21 bits per heavy atom. The molecule has 2 heterocycles. The molecule has 0 unspecified atom stereocenters. The van der Waals surface area contributed by atoms with Crippen molar-refractivity contribution in [2.45, 2.75) is 32.6 Å². The first kappa shape index (κ1) is 19.4. The van der Waals surface area contributed by atoms with Crippen molar-refractivity contribution in [1.29, 1.82) is 0 Å². The molecule has 0 fully saturated rings. The van der Waals surface area contributed by atoms with Crippen LogP contribution in [0.3, 0.4) is 0 Å². The van der Waals surface area contributed by atoms with Crippen LogP contribution in [0.1, 0.15) is 50.9 Å². The quantitative estimate of drug-likeness (QED) is 0.662. The third-order valence-electron chi connectivity index (χ3n) is 5.22. The molecule has 1 aliphatic rings. The molecule has 0 aliphatic heterocycles. The summed E-state index contributed by atoms with van der Waals surface area (Å²) in [4.78, 5) is 39.6. The lowest BCUT2D eigenvalue weighted by Crippen LogP contribution is -2.24. The van der Waals surface area contributed by atoms with E-state index in [-0.39, 0.29) is 17.6 Å². The number of carbonyl (C=O) groups is 2. The minimum atomic E-state index is -0.513. The normalized spacial score (nSPS) is 13.2. The van der Waals surface area contributed by atoms with Gasteiger partial charge in [-0.2, -0.15) is 0 Å². The molecular formula is C22H22N2O4S. The number of nitrogens with one attached hydrogen (secondary N) is 1. The molecule has 3 aromatic rings. The lowest BCUT2D eigenvalue weighted by atomic mass is 9.95. The fraction of sp³-hybridized carbons (Fsp3) is 0.318. The second-order valence-corrected chi connectivity index (χ2v) is 8.19. The van der Waals surface area contributed by atoms with Gasteiger partial charge in [0, 0.05) is 23.5 Å². The van der Waals surface area contributed by atoms with Crippen molar-refractivity contribution in [2.75, 3.05) is 11.9 Å². The van der Waals surface area contributed by atoms with E-state index >= 15 is 0 Å². The molecule has 7 heteroatoms. The zero-order valence-electron chi connectivity index (χ0n) is 16.4. The molecule has 0 saturated heterocycles. The summed E-state index contributed by atoms with van der Waals surface area (Å²) in [5.74, 6) is -0.936. The minimum Gasteiger partial charge on any atom is -0.462 e. The van der Waals surface area contributed by atoms with Crippen LogP contribution in [0.2, 0.25) is 0 Å². The average Bonchev–Trinajstić information content (AvgIpc) is 3.08. The number of esters is 1. The molecule has 1 aromatic carbocycles. The van der Waals surface area contributed by atoms with Gasteiger partial charge >= 0.3 is 5.97 Å². The summed E-state index contributed by atoms with van der Waals surface area (Å²) >= 11 is 1.41. The molecular weight excluding hydrogens is 388 g/mol. The number of amides is 1. The summed E-state index contributed by atoms with van der Waals surface area (Å²) in [5, 5.41) is 3.77. The maximum Gasteiger partial charge on any atom is 0.341 e. The van der Waals surface area contributed by atoms with Crippen molar-refractivity contribution in [3.8, 4) is 0 Å². The smallest absolute Gasteiger partial charge is 0.341 e. The highest BCUT2D eigenvalue weighted by Crippen LogP contribution is 2.38. The second-order valence-electron chi connectivity index (χ2n) is 7.09. The first-order chi connectivity index (χ1) is 14.0. The third-order valence-corrected chi connectivity index (χ3v) is 6.43. The molecule has 1 amide bonds. The molecule has 1 N–H and O–H groups in total. The number of aromatic nitrogens is 1. The monoisotopic (exact) mass is 410 g/mol. The molecule has 150 valence electrons. The Kier molecular flexibility index (Phi) is 5.24. The van der Waals surface area contributed by atoms with E-state index in [1.54, 1.807) is 30.7 Å². The number of rotatable bonds is 4. The number of carbonyl (C=O) groups excluding carboxylic acids is 2. The fourth-order valence-electron chi connectivity index (χ4n) is 3.85. The zero-order chi connectivity index (χ0) is 20.5. The van der Waals surface area contributed by atoms with Gasteiger partial charge in [-0.1, -0.05) is 12.1 Å². The predicted molar refractivity (Wildman–Crippen MR) is 114 cm³/mol. The Morgan fingerprint density at radius 2 is 1.97 bits per heavy atom. The maximum absolute atomic E-state index is 13.0. The van der Waals surface area contributed by atoms with Crippen molar-refractivity contribution in [1.82, 2.24) is 4.57 Å². The van der Waals surface area contributed by atoms with E-state index in [1.807, 2.05) is 12.1 Å². The number of nitrogens with zero attached hydrogens (tertiary/aromatic N) is 1. The Hall–Kier alpha value is -2.93. The van der Waals surface area contributed by atoms with Gasteiger partial charge in [-0.25, -0.2) is 4.79 Å². The SMILES string of the molecule is CCOC(=O)c1c(NC(=O)c2cn(C)c3ccccc3c2=O)sc2c1CCCC2. The van der Waals surface area contributed by atoms with Crippen molar-refractivity contribution in [3.63, 3.8) is 0 Å². The molecule has 1 aliphatic carbocycles. The largest absolute Gasteiger partial charge is 0.462 e. The van der Waals surface area contributed by atoms with Gasteiger partial charge in [0.1, 0.15) is 10.6 Å². The number of aryl methyl sites for hydroxylation is 2. The van der Waals surface area contributed by atoms with Crippen molar-refractivity contribution >= 4 is 39.1 Å². The first-order valence-corrected chi connectivity index (χ1v) is 10.5. The number of benzene rings is 1. The van der Waals surface area contributed by atoms with Crippen LogP contribution in [-0.2, 0) is 24.6 Å². The van der Waals surface area contributed by atoms with Gasteiger partial charge in [0.15, 0.2) is 0 Å². The number of anilines is 1. The highest BCUT2D eigenvalue weighted by Gasteiger charge is 2.28. The summed E-state index contributed by atoms with van der Waals surface area (Å²) in [7, 11) is 1.80. The zero-order valence-corrected chi connectivity index (χ0v) is 17.2. The highest BCUT2D eigenvalue weighted by molar-refractivity contribution is 7.17. The van der Waals surface area contributed by atoms with E-state index in [9.17, 15) is 14.4 Å². The van der Waals surface area contributed by atoms with Crippen LogP contribution in [0, 0.1) is 0 Å². The van der Waals surface area contributed by atoms with E-state index in [4.69, 9.17) is 4.74 Å². The number of ether oxygens (including phenoxy) is 1. The Labute approximate surface area is 172 Å². The van der Waals surface area contributed by atoms with Gasteiger partial charge in [0.05, 0.1) is 17.7 Å². The van der Waals surface area contributed by atoms with Gasteiger partial charge < -0.3 is 14.6 Å². The molecule has 0 atom stereocenters. The molecule has 6 nitrogen and oxygen atoms in total. The Bertz CT molecular complexity index is 1180.